The van der Waals surface area contributed by atoms with Crippen LogP contribution in [0.2, 0.25) is 0 Å². The third-order valence-corrected chi connectivity index (χ3v) is 5.13. The zero-order valence-electron chi connectivity index (χ0n) is 13.8. The van der Waals surface area contributed by atoms with Crippen LogP contribution in [0.25, 0.3) is 6.08 Å². The smallest absolute Gasteiger partial charge is 0.0196 e. The molecule has 0 heteroatoms. The maximum atomic E-state index is 2.42. The summed E-state index contributed by atoms with van der Waals surface area (Å²) in [6, 6.07) is 19.8. The predicted octanol–water partition coefficient (Wildman–Crippen LogP) is 6.13. The second kappa shape index (κ2) is 5.70. The number of allylic oxidation sites excluding steroid dienone is 5. The summed E-state index contributed by atoms with van der Waals surface area (Å²) in [6.45, 7) is 4.46. The van der Waals surface area contributed by atoms with Crippen LogP contribution in [0.5, 0.6) is 0 Å². The Morgan fingerprint density at radius 1 is 0.826 bits per heavy atom. The SMILES string of the molecule is CC1=CC(C2=Cc3ccccc3C(c3ccccc3)C2)C(C)=C1. The Morgan fingerprint density at radius 2 is 1.57 bits per heavy atom. The van der Waals surface area contributed by atoms with E-state index in [0.29, 0.717) is 11.8 Å². The van der Waals surface area contributed by atoms with Gasteiger partial charge in [-0.3, -0.25) is 0 Å². The number of rotatable bonds is 2. The van der Waals surface area contributed by atoms with Gasteiger partial charge >= 0.3 is 0 Å². The van der Waals surface area contributed by atoms with Crippen LogP contribution in [0.4, 0.5) is 0 Å². The van der Waals surface area contributed by atoms with Gasteiger partial charge in [0.25, 0.3) is 0 Å². The van der Waals surface area contributed by atoms with Crippen molar-refractivity contribution < 1.29 is 0 Å². The highest BCUT2D eigenvalue weighted by Gasteiger charge is 2.27. The maximum absolute atomic E-state index is 2.42. The van der Waals surface area contributed by atoms with Crippen LogP contribution in [-0.4, -0.2) is 0 Å². The summed E-state index contributed by atoms with van der Waals surface area (Å²) in [4.78, 5) is 0. The normalized spacial score (nSPS) is 23.0. The average Bonchev–Trinajstić information content (AvgIpc) is 2.93. The molecule has 23 heavy (non-hydrogen) atoms. The summed E-state index contributed by atoms with van der Waals surface area (Å²) in [7, 11) is 0. The first-order chi connectivity index (χ1) is 11.2. The minimum atomic E-state index is 0.467. The Bertz CT molecular complexity index is 818. The minimum Gasteiger partial charge on any atom is -0.0704 e. The van der Waals surface area contributed by atoms with Gasteiger partial charge in [-0.15, -0.1) is 0 Å². The summed E-state index contributed by atoms with van der Waals surface area (Å²) in [6.07, 6.45) is 8.27. The summed E-state index contributed by atoms with van der Waals surface area (Å²) >= 11 is 0. The van der Waals surface area contributed by atoms with Gasteiger partial charge in [-0.25, -0.2) is 0 Å². The first kappa shape index (κ1) is 14.3. The molecule has 0 heterocycles. The molecule has 0 bridgehead atoms. The molecular weight excluding hydrogens is 276 g/mol. The van der Waals surface area contributed by atoms with E-state index in [-0.39, 0.29) is 0 Å². The van der Waals surface area contributed by atoms with E-state index in [0.717, 1.165) is 6.42 Å². The molecule has 2 aliphatic carbocycles. The lowest BCUT2D eigenvalue weighted by molar-refractivity contribution is 0.723. The molecule has 0 N–H and O–H groups in total. The maximum Gasteiger partial charge on any atom is 0.0196 e. The first-order valence-corrected chi connectivity index (χ1v) is 8.43. The lowest BCUT2D eigenvalue weighted by Gasteiger charge is -2.29. The van der Waals surface area contributed by atoms with Gasteiger partial charge in [0.15, 0.2) is 0 Å². The van der Waals surface area contributed by atoms with Crippen molar-refractivity contribution in [1.29, 1.82) is 0 Å². The Morgan fingerprint density at radius 3 is 2.30 bits per heavy atom. The number of hydrogen-bond acceptors (Lipinski definition) is 0. The fourth-order valence-electron chi connectivity index (χ4n) is 4.05. The zero-order chi connectivity index (χ0) is 15.8. The van der Waals surface area contributed by atoms with Gasteiger partial charge in [0.05, 0.1) is 0 Å². The van der Waals surface area contributed by atoms with Gasteiger partial charge in [-0.05, 0) is 37.0 Å². The largest absolute Gasteiger partial charge is 0.0704 e. The quantitative estimate of drug-likeness (QED) is 0.625. The molecule has 2 aliphatic rings. The fourth-order valence-corrected chi connectivity index (χ4v) is 4.05. The lowest BCUT2D eigenvalue weighted by Crippen LogP contribution is -2.13. The molecule has 0 aromatic heterocycles. The zero-order valence-corrected chi connectivity index (χ0v) is 13.8. The Hall–Kier alpha value is -2.34. The van der Waals surface area contributed by atoms with Gasteiger partial charge < -0.3 is 0 Å². The molecule has 0 amide bonds. The van der Waals surface area contributed by atoms with Crippen LogP contribution in [0.1, 0.15) is 42.9 Å². The Kier molecular flexibility index (Phi) is 3.53. The van der Waals surface area contributed by atoms with E-state index < -0.39 is 0 Å². The van der Waals surface area contributed by atoms with Crippen LogP contribution in [0.3, 0.4) is 0 Å². The van der Waals surface area contributed by atoms with Gasteiger partial charge in [0, 0.05) is 11.8 Å². The van der Waals surface area contributed by atoms with E-state index in [1.54, 1.807) is 5.57 Å². The molecule has 2 atom stereocenters. The van der Waals surface area contributed by atoms with Gasteiger partial charge in [0.1, 0.15) is 0 Å². The lowest BCUT2D eigenvalue weighted by atomic mass is 9.75. The molecule has 0 saturated carbocycles. The van der Waals surface area contributed by atoms with E-state index >= 15 is 0 Å². The molecule has 0 fully saturated rings. The van der Waals surface area contributed by atoms with Crippen molar-refractivity contribution in [1.82, 2.24) is 0 Å². The van der Waals surface area contributed by atoms with Crippen molar-refractivity contribution in [3.8, 4) is 0 Å². The summed E-state index contributed by atoms with van der Waals surface area (Å²) < 4.78 is 0. The van der Waals surface area contributed by atoms with Crippen molar-refractivity contribution in [3.05, 3.63) is 100 Å². The highest BCUT2D eigenvalue weighted by atomic mass is 14.3. The van der Waals surface area contributed by atoms with E-state index in [9.17, 15) is 0 Å². The highest BCUT2D eigenvalue weighted by molar-refractivity contribution is 5.65. The molecule has 0 radical (unpaired) electrons. The molecule has 2 aromatic carbocycles. The molecule has 0 nitrogen and oxygen atoms in total. The molecule has 0 saturated heterocycles. The summed E-state index contributed by atoms with van der Waals surface area (Å²) in [5.41, 5.74) is 8.67. The van der Waals surface area contributed by atoms with Crippen molar-refractivity contribution in [2.75, 3.05) is 0 Å². The second-order valence-electron chi connectivity index (χ2n) is 6.79. The van der Waals surface area contributed by atoms with E-state index in [4.69, 9.17) is 0 Å². The van der Waals surface area contributed by atoms with Crippen molar-refractivity contribution >= 4 is 6.08 Å². The third kappa shape index (κ3) is 2.59. The van der Waals surface area contributed by atoms with Crippen LogP contribution in [-0.2, 0) is 0 Å². The molecule has 114 valence electrons. The average molecular weight is 298 g/mol. The van der Waals surface area contributed by atoms with E-state index in [1.807, 2.05) is 0 Å². The predicted molar refractivity (Wildman–Crippen MR) is 98.3 cm³/mol. The topological polar surface area (TPSA) is 0 Å². The fraction of sp³-hybridized carbons (Fsp3) is 0.217. The van der Waals surface area contributed by atoms with Crippen molar-refractivity contribution in [2.45, 2.75) is 26.2 Å². The van der Waals surface area contributed by atoms with Crippen molar-refractivity contribution in [2.24, 2.45) is 5.92 Å². The Balaban J connectivity index is 1.80. The van der Waals surface area contributed by atoms with Crippen LogP contribution in [0.15, 0.2) is 83.5 Å². The number of benzene rings is 2. The van der Waals surface area contributed by atoms with E-state index in [2.05, 4.69) is 86.7 Å². The molecule has 0 aliphatic heterocycles. The van der Waals surface area contributed by atoms with Crippen LogP contribution >= 0.6 is 0 Å². The van der Waals surface area contributed by atoms with E-state index in [1.165, 1.54) is 27.8 Å². The van der Waals surface area contributed by atoms with Gasteiger partial charge in [-0.2, -0.15) is 0 Å². The second-order valence-corrected chi connectivity index (χ2v) is 6.79. The minimum absolute atomic E-state index is 0.467. The monoisotopic (exact) mass is 298 g/mol. The molecule has 0 spiro atoms. The number of hydrogen-bond donors (Lipinski definition) is 0. The molecule has 2 aromatic rings. The molecule has 2 unspecified atom stereocenters. The van der Waals surface area contributed by atoms with Crippen LogP contribution < -0.4 is 0 Å². The van der Waals surface area contributed by atoms with Crippen LogP contribution in [0, 0.1) is 5.92 Å². The Labute approximate surface area is 138 Å². The standard InChI is InChI=1S/C23H22/c1-16-12-17(2)22(13-16)20-14-19-10-6-7-11-21(19)23(15-20)18-8-4-3-5-9-18/h3-14,22-23H,15H2,1-2H3. The number of fused-ring (bicyclic) bond motifs is 1. The summed E-state index contributed by atoms with van der Waals surface area (Å²) in [5.74, 6) is 0.948. The van der Waals surface area contributed by atoms with Crippen molar-refractivity contribution in [3.63, 3.8) is 0 Å². The van der Waals surface area contributed by atoms with Gasteiger partial charge in [-0.1, -0.05) is 89.5 Å². The molecule has 4 rings (SSSR count). The highest BCUT2D eigenvalue weighted by Crippen LogP contribution is 2.43. The summed E-state index contributed by atoms with van der Waals surface area (Å²) in [5, 5.41) is 0. The third-order valence-electron chi connectivity index (χ3n) is 5.13. The van der Waals surface area contributed by atoms with Gasteiger partial charge in [0.2, 0.25) is 0 Å². The first-order valence-electron chi connectivity index (χ1n) is 8.43. The molecular formula is C23H22.